The summed E-state index contributed by atoms with van der Waals surface area (Å²) in [5.41, 5.74) is -0.482. The van der Waals surface area contributed by atoms with Crippen molar-refractivity contribution in [2.24, 2.45) is 17.5 Å². The van der Waals surface area contributed by atoms with Crippen LogP contribution in [-0.2, 0) is 19.8 Å². The van der Waals surface area contributed by atoms with Crippen LogP contribution in [-0.4, -0.2) is 40.8 Å². The van der Waals surface area contributed by atoms with E-state index in [0.29, 0.717) is 5.96 Å². The third-order valence-corrected chi connectivity index (χ3v) is 4.53. The number of nitrogens with one attached hydrogen (secondary N) is 1. The van der Waals surface area contributed by atoms with Crippen LogP contribution in [0.4, 0.5) is 13.2 Å². The van der Waals surface area contributed by atoms with Gasteiger partial charge in [0.1, 0.15) is 0 Å². The largest absolute Gasteiger partial charge is 0.435 e. The Labute approximate surface area is 134 Å². The van der Waals surface area contributed by atoms with E-state index in [2.05, 4.69) is 34.2 Å². The molecule has 1 atom stereocenters. The predicted octanol–water partition coefficient (Wildman–Crippen LogP) is 2.64. The Morgan fingerprint density at radius 3 is 2.70 bits per heavy atom. The highest BCUT2D eigenvalue weighted by atomic mass is 19.4. The number of rotatable bonds is 3. The van der Waals surface area contributed by atoms with Crippen molar-refractivity contribution in [3.05, 3.63) is 17.5 Å². The first kappa shape index (κ1) is 17.6. The molecule has 1 aromatic heterocycles. The Hall–Kier alpha value is -1.73. The lowest BCUT2D eigenvalue weighted by Gasteiger charge is -2.25. The highest BCUT2D eigenvalue weighted by Gasteiger charge is 2.37. The number of aryl methyl sites for hydroxylation is 1. The van der Waals surface area contributed by atoms with E-state index in [-0.39, 0.29) is 17.5 Å². The van der Waals surface area contributed by atoms with Gasteiger partial charge in [-0.05, 0) is 18.3 Å². The third-order valence-electron chi connectivity index (χ3n) is 4.53. The van der Waals surface area contributed by atoms with Gasteiger partial charge in [-0.3, -0.25) is 9.67 Å². The number of hydrogen-bond donors (Lipinski definition) is 1. The van der Waals surface area contributed by atoms with E-state index < -0.39 is 11.9 Å². The van der Waals surface area contributed by atoms with Crippen molar-refractivity contribution in [3.8, 4) is 0 Å². The van der Waals surface area contributed by atoms with E-state index in [1.807, 2.05) is 0 Å². The van der Waals surface area contributed by atoms with Crippen molar-refractivity contribution in [3.63, 3.8) is 0 Å². The molecule has 0 aliphatic carbocycles. The summed E-state index contributed by atoms with van der Waals surface area (Å²) in [4.78, 5) is 6.31. The van der Waals surface area contributed by atoms with Crippen molar-refractivity contribution in [2.75, 3.05) is 20.1 Å². The lowest BCUT2D eigenvalue weighted by molar-refractivity contribution is -0.142. The molecular weight excluding hydrogens is 307 g/mol. The van der Waals surface area contributed by atoms with E-state index >= 15 is 0 Å². The lowest BCUT2D eigenvalue weighted by atomic mass is 9.87. The quantitative estimate of drug-likeness (QED) is 0.684. The van der Waals surface area contributed by atoms with Crippen molar-refractivity contribution in [1.29, 1.82) is 0 Å². The fourth-order valence-corrected chi connectivity index (χ4v) is 2.91. The van der Waals surface area contributed by atoms with Crippen molar-refractivity contribution in [1.82, 2.24) is 20.0 Å². The zero-order valence-electron chi connectivity index (χ0n) is 14.0. The van der Waals surface area contributed by atoms with Gasteiger partial charge >= 0.3 is 6.18 Å². The zero-order chi connectivity index (χ0) is 17.3. The van der Waals surface area contributed by atoms with E-state index in [1.54, 1.807) is 7.05 Å². The highest BCUT2D eigenvalue weighted by Crippen LogP contribution is 2.33. The smallest absolute Gasteiger partial charge is 0.352 e. The molecule has 1 aliphatic heterocycles. The minimum absolute atomic E-state index is 0.0503. The molecule has 23 heavy (non-hydrogen) atoms. The Morgan fingerprint density at radius 2 is 2.17 bits per heavy atom. The molecule has 0 aromatic carbocycles. The zero-order valence-corrected chi connectivity index (χ0v) is 14.0. The maximum atomic E-state index is 13.0. The van der Waals surface area contributed by atoms with Crippen LogP contribution in [0.3, 0.4) is 0 Å². The molecule has 8 heteroatoms. The van der Waals surface area contributed by atoms with Gasteiger partial charge in [-0.15, -0.1) is 0 Å². The number of likely N-dealkylation sites (tertiary alicyclic amines) is 1. The van der Waals surface area contributed by atoms with E-state index in [9.17, 15) is 13.2 Å². The van der Waals surface area contributed by atoms with Crippen molar-refractivity contribution in [2.45, 2.75) is 39.4 Å². The number of alkyl halides is 3. The van der Waals surface area contributed by atoms with E-state index in [0.717, 1.165) is 25.9 Å². The van der Waals surface area contributed by atoms with Gasteiger partial charge in [0.15, 0.2) is 11.7 Å². The number of aromatic nitrogens is 2. The Morgan fingerprint density at radius 1 is 1.48 bits per heavy atom. The first-order valence-electron chi connectivity index (χ1n) is 7.74. The summed E-state index contributed by atoms with van der Waals surface area (Å²) in [6.07, 6.45) is -0.925. The maximum Gasteiger partial charge on any atom is 0.435 e. The molecule has 0 radical (unpaired) electrons. The summed E-state index contributed by atoms with van der Waals surface area (Å²) >= 11 is 0. The van der Waals surface area contributed by atoms with Crippen LogP contribution in [0.15, 0.2) is 11.2 Å². The molecule has 1 unspecified atom stereocenters. The monoisotopic (exact) mass is 331 g/mol. The number of halogens is 3. The average Bonchev–Trinajstić information content (AvgIpc) is 3.04. The molecule has 1 N–H and O–H groups in total. The molecule has 0 amide bonds. The number of aliphatic imine (C=N–C) groups is 1. The fourth-order valence-electron chi connectivity index (χ4n) is 2.91. The van der Waals surface area contributed by atoms with Crippen LogP contribution in [0.25, 0.3) is 0 Å². The summed E-state index contributed by atoms with van der Waals surface area (Å²) in [5.74, 6) is 0.638. The van der Waals surface area contributed by atoms with Crippen LogP contribution in [0, 0.1) is 5.41 Å². The Kier molecular flexibility index (Phi) is 4.91. The first-order valence-corrected chi connectivity index (χ1v) is 7.74. The number of nitrogens with zero attached hydrogens (tertiary/aromatic N) is 4. The second-order valence-electron chi connectivity index (χ2n) is 6.41. The van der Waals surface area contributed by atoms with Crippen LogP contribution >= 0.6 is 0 Å². The Balaban J connectivity index is 2.06. The normalized spacial score (nSPS) is 22.7. The van der Waals surface area contributed by atoms with Crippen LogP contribution in [0.5, 0.6) is 0 Å². The molecule has 1 aliphatic rings. The van der Waals surface area contributed by atoms with E-state index in [4.69, 9.17) is 0 Å². The second kappa shape index (κ2) is 6.41. The molecule has 5 nitrogen and oxygen atoms in total. The molecular formula is C15H24F3N5. The summed E-state index contributed by atoms with van der Waals surface area (Å²) in [6, 6.07) is 0. The summed E-state index contributed by atoms with van der Waals surface area (Å²) in [5, 5.41) is 6.56. The van der Waals surface area contributed by atoms with Gasteiger partial charge in [-0.2, -0.15) is 18.3 Å². The molecule has 1 aromatic rings. The molecule has 2 rings (SSSR count). The lowest BCUT2D eigenvalue weighted by Crippen LogP contribution is -2.40. The van der Waals surface area contributed by atoms with E-state index in [1.165, 1.54) is 17.9 Å². The van der Waals surface area contributed by atoms with Gasteiger partial charge in [0.05, 0.1) is 0 Å². The third kappa shape index (κ3) is 3.97. The van der Waals surface area contributed by atoms with Crippen molar-refractivity contribution < 1.29 is 13.2 Å². The van der Waals surface area contributed by atoms with Gasteiger partial charge in [0.2, 0.25) is 0 Å². The van der Waals surface area contributed by atoms with Gasteiger partial charge in [-0.25, -0.2) is 0 Å². The summed E-state index contributed by atoms with van der Waals surface area (Å²) in [6.45, 7) is 6.16. The maximum absolute atomic E-state index is 13.0. The van der Waals surface area contributed by atoms with Gasteiger partial charge in [0.25, 0.3) is 0 Å². The first-order chi connectivity index (χ1) is 10.7. The fraction of sp³-hybridized carbons (Fsp3) is 0.733. The van der Waals surface area contributed by atoms with Gasteiger partial charge in [-0.1, -0.05) is 13.8 Å². The molecule has 0 spiro atoms. The highest BCUT2D eigenvalue weighted by molar-refractivity contribution is 5.80. The summed E-state index contributed by atoms with van der Waals surface area (Å²) < 4.78 is 40.1. The molecule has 0 saturated carbocycles. The molecule has 1 fully saturated rings. The average molecular weight is 331 g/mol. The second-order valence-corrected chi connectivity index (χ2v) is 6.41. The number of hydrogen-bond acceptors (Lipinski definition) is 2. The molecule has 130 valence electrons. The number of guanidine groups is 1. The van der Waals surface area contributed by atoms with Crippen LogP contribution in [0.1, 0.15) is 37.9 Å². The molecule has 1 saturated heterocycles. The Bertz CT molecular complexity index is 578. The van der Waals surface area contributed by atoms with Crippen molar-refractivity contribution >= 4 is 5.96 Å². The van der Waals surface area contributed by atoms with Gasteiger partial charge in [0, 0.05) is 45.5 Å². The predicted molar refractivity (Wildman–Crippen MR) is 83.0 cm³/mol. The topological polar surface area (TPSA) is 45.5 Å². The van der Waals surface area contributed by atoms with Crippen LogP contribution in [0.2, 0.25) is 0 Å². The minimum Gasteiger partial charge on any atom is -0.352 e. The minimum atomic E-state index is -4.45. The SMILES string of the molecule is CCC1(C)CCN(C(=NC)NCc2cn(C)nc2C(F)(F)F)C1. The molecule has 0 bridgehead atoms. The standard InChI is InChI=1S/C15H24F3N5/c1-5-14(2)6-7-23(10-14)13(19-3)20-8-11-9-22(4)21-12(11)15(16,17)18/h9H,5-8,10H2,1-4H3,(H,19,20). The van der Waals surface area contributed by atoms with Gasteiger partial charge < -0.3 is 10.2 Å². The molecule has 2 heterocycles. The summed E-state index contributed by atoms with van der Waals surface area (Å²) in [7, 11) is 3.14. The van der Waals surface area contributed by atoms with Crippen LogP contribution < -0.4 is 5.32 Å².